The van der Waals surface area contributed by atoms with Crippen LogP contribution in [0.5, 0.6) is 11.5 Å². The number of benzene rings is 1. The maximum absolute atomic E-state index is 5.39. The molecule has 1 aromatic heterocycles. The van der Waals surface area contributed by atoms with Crippen LogP contribution in [0.1, 0.15) is 19.5 Å². The quantitative estimate of drug-likeness (QED) is 0.849. The van der Waals surface area contributed by atoms with Gasteiger partial charge in [0.15, 0.2) is 17.3 Å². The Kier molecular flexibility index (Phi) is 5.22. The summed E-state index contributed by atoms with van der Waals surface area (Å²) in [5.41, 5.74) is 1.80. The molecular weight excluding hydrogens is 268 g/mol. The molecule has 0 saturated carbocycles. The Morgan fingerprint density at radius 2 is 1.90 bits per heavy atom. The smallest absolute Gasteiger partial charge is 0.167 e. The summed E-state index contributed by atoms with van der Waals surface area (Å²) in [6.45, 7) is 6.00. The van der Waals surface area contributed by atoms with Crippen LogP contribution in [0.3, 0.4) is 0 Å². The van der Waals surface area contributed by atoms with Crippen molar-refractivity contribution in [1.82, 2.24) is 10.5 Å². The molecule has 0 amide bonds. The summed E-state index contributed by atoms with van der Waals surface area (Å²) < 4.78 is 15.9. The van der Waals surface area contributed by atoms with E-state index in [-0.39, 0.29) is 0 Å². The first kappa shape index (κ1) is 15.4. The molecule has 2 rings (SSSR count). The lowest BCUT2D eigenvalue weighted by molar-refractivity contribution is 0.355. The van der Waals surface area contributed by atoms with Crippen LogP contribution in [0.2, 0.25) is 0 Å². The lowest BCUT2D eigenvalue weighted by Gasteiger charge is -2.07. The van der Waals surface area contributed by atoms with Gasteiger partial charge in [-0.1, -0.05) is 19.0 Å². The fourth-order valence-corrected chi connectivity index (χ4v) is 2.01. The minimum Gasteiger partial charge on any atom is -0.493 e. The largest absolute Gasteiger partial charge is 0.493 e. The number of ether oxygens (including phenoxy) is 2. The molecule has 5 heteroatoms. The van der Waals surface area contributed by atoms with Gasteiger partial charge in [-0.3, -0.25) is 0 Å². The zero-order valence-electron chi connectivity index (χ0n) is 13.0. The maximum atomic E-state index is 5.39. The highest BCUT2D eigenvalue weighted by molar-refractivity contribution is 5.62. The molecule has 0 spiro atoms. The topological polar surface area (TPSA) is 56.5 Å². The third-order valence-corrected chi connectivity index (χ3v) is 3.09. The normalized spacial score (nSPS) is 10.9. The first-order chi connectivity index (χ1) is 10.1. The van der Waals surface area contributed by atoms with Crippen molar-refractivity contribution in [2.45, 2.75) is 20.4 Å². The average Bonchev–Trinajstić information content (AvgIpc) is 2.95. The summed E-state index contributed by atoms with van der Waals surface area (Å²) in [6.07, 6.45) is 0. The molecule has 114 valence electrons. The summed E-state index contributed by atoms with van der Waals surface area (Å²) in [4.78, 5) is 0. The van der Waals surface area contributed by atoms with E-state index in [0.717, 1.165) is 23.6 Å². The van der Waals surface area contributed by atoms with Gasteiger partial charge in [0.1, 0.15) is 0 Å². The van der Waals surface area contributed by atoms with E-state index in [4.69, 9.17) is 14.0 Å². The molecule has 0 aliphatic heterocycles. The molecule has 21 heavy (non-hydrogen) atoms. The van der Waals surface area contributed by atoms with Crippen LogP contribution in [0.4, 0.5) is 0 Å². The van der Waals surface area contributed by atoms with E-state index in [1.54, 1.807) is 14.2 Å². The van der Waals surface area contributed by atoms with Crippen LogP contribution in [-0.4, -0.2) is 25.9 Å². The molecule has 0 radical (unpaired) electrons. The fourth-order valence-electron chi connectivity index (χ4n) is 2.01. The summed E-state index contributed by atoms with van der Waals surface area (Å²) in [5, 5.41) is 7.42. The second-order valence-electron chi connectivity index (χ2n) is 5.28. The lowest BCUT2D eigenvalue weighted by Crippen LogP contribution is -2.18. The van der Waals surface area contributed by atoms with Crippen molar-refractivity contribution >= 4 is 0 Å². The van der Waals surface area contributed by atoms with Crippen molar-refractivity contribution in [3.63, 3.8) is 0 Å². The predicted octanol–water partition coefficient (Wildman–Crippen LogP) is 3.10. The number of nitrogens with zero attached hydrogens (tertiary/aromatic N) is 1. The number of methoxy groups -OCH3 is 2. The average molecular weight is 290 g/mol. The van der Waals surface area contributed by atoms with Gasteiger partial charge >= 0.3 is 0 Å². The van der Waals surface area contributed by atoms with Crippen molar-refractivity contribution < 1.29 is 14.0 Å². The van der Waals surface area contributed by atoms with E-state index < -0.39 is 0 Å². The number of aromatic nitrogens is 1. The predicted molar refractivity (Wildman–Crippen MR) is 81.6 cm³/mol. The van der Waals surface area contributed by atoms with Gasteiger partial charge in [-0.25, -0.2) is 0 Å². The van der Waals surface area contributed by atoms with E-state index >= 15 is 0 Å². The van der Waals surface area contributed by atoms with Gasteiger partial charge in [-0.2, -0.15) is 0 Å². The molecule has 0 atom stereocenters. The van der Waals surface area contributed by atoms with E-state index in [9.17, 15) is 0 Å². The molecule has 2 aromatic rings. The van der Waals surface area contributed by atoms with Crippen molar-refractivity contribution in [1.29, 1.82) is 0 Å². The van der Waals surface area contributed by atoms with Gasteiger partial charge in [0, 0.05) is 18.2 Å². The first-order valence-electron chi connectivity index (χ1n) is 7.02. The Bertz CT molecular complexity index is 579. The molecule has 1 aromatic carbocycles. The highest BCUT2D eigenvalue weighted by atomic mass is 16.5. The van der Waals surface area contributed by atoms with Gasteiger partial charge in [-0.15, -0.1) is 0 Å². The Labute approximate surface area is 125 Å². The lowest BCUT2D eigenvalue weighted by atomic mass is 10.1. The Morgan fingerprint density at radius 3 is 2.57 bits per heavy atom. The molecule has 0 saturated heterocycles. The van der Waals surface area contributed by atoms with Gasteiger partial charge in [-0.05, 0) is 30.7 Å². The number of nitrogens with one attached hydrogen (secondary N) is 1. The summed E-state index contributed by atoms with van der Waals surface area (Å²) >= 11 is 0. The second-order valence-corrected chi connectivity index (χ2v) is 5.28. The van der Waals surface area contributed by atoms with Crippen LogP contribution in [-0.2, 0) is 6.54 Å². The third-order valence-electron chi connectivity index (χ3n) is 3.09. The third kappa shape index (κ3) is 3.98. The number of hydrogen-bond donors (Lipinski definition) is 1. The highest BCUT2D eigenvalue weighted by Gasteiger charge is 2.10. The SMILES string of the molecule is COc1ccc(-c2cc(CNCC(C)C)no2)cc1OC. The van der Waals surface area contributed by atoms with E-state index in [2.05, 4.69) is 24.3 Å². The molecule has 5 nitrogen and oxygen atoms in total. The summed E-state index contributed by atoms with van der Waals surface area (Å²) in [7, 11) is 3.23. The Hall–Kier alpha value is -2.01. The van der Waals surface area contributed by atoms with Gasteiger partial charge < -0.3 is 19.3 Å². The molecule has 1 N–H and O–H groups in total. The van der Waals surface area contributed by atoms with Crippen LogP contribution >= 0.6 is 0 Å². The first-order valence-corrected chi connectivity index (χ1v) is 7.02. The minimum absolute atomic E-state index is 0.613. The van der Waals surface area contributed by atoms with Crippen LogP contribution in [0, 0.1) is 5.92 Å². The molecule has 0 bridgehead atoms. The highest BCUT2D eigenvalue weighted by Crippen LogP contribution is 2.32. The van der Waals surface area contributed by atoms with Crippen LogP contribution in [0.25, 0.3) is 11.3 Å². The molecule has 0 aliphatic rings. The number of hydrogen-bond acceptors (Lipinski definition) is 5. The summed E-state index contributed by atoms with van der Waals surface area (Å²) in [5.74, 6) is 2.70. The summed E-state index contributed by atoms with van der Waals surface area (Å²) in [6, 6.07) is 7.60. The van der Waals surface area contributed by atoms with Crippen molar-refractivity contribution in [3.8, 4) is 22.8 Å². The van der Waals surface area contributed by atoms with Gasteiger partial charge in [0.2, 0.25) is 0 Å². The zero-order valence-corrected chi connectivity index (χ0v) is 13.0. The molecule has 0 aliphatic carbocycles. The Morgan fingerprint density at radius 1 is 1.14 bits per heavy atom. The van der Waals surface area contributed by atoms with Crippen LogP contribution < -0.4 is 14.8 Å². The monoisotopic (exact) mass is 290 g/mol. The standard InChI is InChI=1S/C16H22N2O3/c1-11(2)9-17-10-13-8-15(21-18-13)12-5-6-14(19-3)16(7-12)20-4/h5-8,11,17H,9-10H2,1-4H3. The molecule has 1 heterocycles. The van der Waals surface area contributed by atoms with Crippen molar-refractivity contribution in [2.24, 2.45) is 5.92 Å². The molecule has 0 fully saturated rings. The maximum Gasteiger partial charge on any atom is 0.167 e. The van der Waals surface area contributed by atoms with E-state index in [1.165, 1.54) is 0 Å². The van der Waals surface area contributed by atoms with Gasteiger partial charge in [0.05, 0.1) is 19.9 Å². The van der Waals surface area contributed by atoms with Crippen molar-refractivity contribution in [2.75, 3.05) is 20.8 Å². The minimum atomic E-state index is 0.613. The molecule has 0 unspecified atom stereocenters. The Balaban J connectivity index is 2.10. The van der Waals surface area contributed by atoms with Gasteiger partial charge in [0.25, 0.3) is 0 Å². The van der Waals surface area contributed by atoms with E-state index in [0.29, 0.717) is 24.0 Å². The van der Waals surface area contributed by atoms with E-state index in [1.807, 2.05) is 24.3 Å². The second kappa shape index (κ2) is 7.13. The fraction of sp³-hybridized carbons (Fsp3) is 0.438. The number of rotatable bonds is 7. The molecular formula is C16H22N2O3. The van der Waals surface area contributed by atoms with Crippen molar-refractivity contribution in [3.05, 3.63) is 30.0 Å². The zero-order chi connectivity index (χ0) is 15.2. The van der Waals surface area contributed by atoms with Crippen LogP contribution in [0.15, 0.2) is 28.8 Å².